The van der Waals surface area contributed by atoms with Gasteiger partial charge in [0, 0.05) is 0 Å². The monoisotopic (exact) mass is 212 g/mol. The first-order valence-corrected chi connectivity index (χ1v) is 5.52. The zero-order valence-corrected chi connectivity index (χ0v) is 9.02. The summed E-state index contributed by atoms with van der Waals surface area (Å²) in [4.78, 5) is 0. The molecule has 1 aromatic rings. The van der Waals surface area contributed by atoms with Crippen LogP contribution in [0, 0.1) is 18.7 Å². The van der Waals surface area contributed by atoms with E-state index in [-0.39, 0.29) is 11.2 Å². The lowest BCUT2D eigenvalue weighted by atomic mass is 9.80. The first-order chi connectivity index (χ1) is 6.68. The normalized spacial score (nSPS) is 19.1. The van der Waals surface area contributed by atoms with Gasteiger partial charge in [-0.2, -0.15) is 0 Å². The van der Waals surface area contributed by atoms with Crippen LogP contribution in [0.4, 0.5) is 4.39 Å². The Morgan fingerprint density at radius 1 is 1.43 bits per heavy atom. The van der Waals surface area contributed by atoms with E-state index >= 15 is 0 Å². The summed E-state index contributed by atoms with van der Waals surface area (Å²) in [5.74, 6) is 0.452. The Morgan fingerprint density at radius 3 is 2.64 bits per heavy atom. The van der Waals surface area contributed by atoms with Crippen molar-refractivity contribution >= 4 is 11.6 Å². The minimum atomic E-state index is -0.147. The van der Waals surface area contributed by atoms with Crippen LogP contribution in [0.25, 0.3) is 0 Å². The van der Waals surface area contributed by atoms with E-state index < -0.39 is 0 Å². The maximum absolute atomic E-state index is 13.0. The molecule has 0 spiro atoms. The van der Waals surface area contributed by atoms with Gasteiger partial charge in [-0.1, -0.05) is 18.6 Å². The molecular weight excluding hydrogens is 199 g/mol. The zero-order chi connectivity index (χ0) is 10.1. The third kappa shape index (κ3) is 1.78. The van der Waals surface area contributed by atoms with Gasteiger partial charge >= 0.3 is 0 Å². The van der Waals surface area contributed by atoms with Crippen molar-refractivity contribution in [1.82, 2.24) is 0 Å². The SMILES string of the molecule is Cc1cc(C(Cl)C2CCC2)ccc1F. The molecule has 1 unspecified atom stereocenters. The van der Waals surface area contributed by atoms with Crippen molar-refractivity contribution in [3.8, 4) is 0 Å². The molecule has 14 heavy (non-hydrogen) atoms. The molecule has 1 aromatic carbocycles. The predicted molar refractivity (Wildman–Crippen MR) is 57.1 cm³/mol. The van der Waals surface area contributed by atoms with E-state index in [1.807, 2.05) is 6.07 Å². The van der Waals surface area contributed by atoms with E-state index in [9.17, 15) is 4.39 Å². The molecule has 1 saturated carbocycles. The lowest BCUT2D eigenvalue weighted by Gasteiger charge is -2.30. The van der Waals surface area contributed by atoms with Crippen LogP contribution in [0.15, 0.2) is 18.2 Å². The molecule has 1 atom stereocenters. The van der Waals surface area contributed by atoms with Gasteiger partial charge in [0.25, 0.3) is 0 Å². The van der Waals surface area contributed by atoms with Gasteiger partial charge in [0.05, 0.1) is 5.38 Å². The lowest BCUT2D eigenvalue weighted by molar-refractivity contribution is 0.305. The number of benzene rings is 1. The van der Waals surface area contributed by atoms with Crippen LogP contribution in [-0.2, 0) is 0 Å². The van der Waals surface area contributed by atoms with Crippen molar-refractivity contribution < 1.29 is 4.39 Å². The predicted octanol–water partition coefficient (Wildman–Crippen LogP) is 4.21. The van der Waals surface area contributed by atoms with Gasteiger partial charge in [-0.25, -0.2) is 4.39 Å². The molecule has 1 aliphatic carbocycles. The standard InChI is InChI=1S/C12H14ClF/c1-8-7-10(5-6-11(8)14)12(13)9-3-2-4-9/h5-7,9,12H,2-4H2,1H3. The van der Waals surface area contributed by atoms with Crippen LogP contribution in [-0.4, -0.2) is 0 Å². The van der Waals surface area contributed by atoms with Gasteiger partial charge in [-0.3, -0.25) is 0 Å². The number of hydrogen-bond acceptors (Lipinski definition) is 0. The molecule has 0 saturated heterocycles. The van der Waals surface area contributed by atoms with Crippen molar-refractivity contribution in [2.75, 3.05) is 0 Å². The molecule has 76 valence electrons. The molecule has 0 N–H and O–H groups in total. The molecule has 0 aromatic heterocycles. The number of halogens is 2. The number of rotatable bonds is 2. The Kier molecular flexibility index (Phi) is 2.78. The van der Waals surface area contributed by atoms with Crippen LogP contribution >= 0.6 is 11.6 Å². The first-order valence-electron chi connectivity index (χ1n) is 5.08. The van der Waals surface area contributed by atoms with E-state index in [2.05, 4.69) is 0 Å². The van der Waals surface area contributed by atoms with Gasteiger partial charge in [0.2, 0.25) is 0 Å². The summed E-state index contributed by atoms with van der Waals surface area (Å²) < 4.78 is 13.0. The minimum absolute atomic E-state index is 0.0723. The Morgan fingerprint density at radius 2 is 2.14 bits per heavy atom. The van der Waals surface area contributed by atoms with Gasteiger partial charge < -0.3 is 0 Å². The van der Waals surface area contributed by atoms with Crippen LogP contribution < -0.4 is 0 Å². The largest absolute Gasteiger partial charge is 0.207 e. The fourth-order valence-electron chi connectivity index (χ4n) is 1.84. The highest BCUT2D eigenvalue weighted by atomic mass is 35.5. The van der Waals surface area contributed by atoms with Gasteiger partial charge in [0.1, 0.15) is 5.82 Å². The van der Waals surface area contributed by atoms with Crippen LogP contribution in [0.1, 0.15) is 35.8 Å². The first kappa shape index (κ1) is 9.97. The van der Waals surface area contributed by atoms with Crippen molar-refractivity contribution in [3.63, 3.8) is 0 Å². The van der Waals surface area contributed by atoms with Crippen molar-refractivity contribution in [3.05, 3.63) is 35.1 Å². The van der Waals surface area contributed by atoms with E-state index in [1.54, 1.807) is 13.0 Å². The Labute approximate surface area is 89.1 Å². The second-order valence-corrected chi connectivity index (χ2v) is 4.57. The van der Waals surface area contributed by atoms with Crippen LogP contribution in [0.5, 0.6) is 0 Å². The third-order valence-electron chi connectivity index (χ3n) is 3.06. The second kappa shape index (κ2) is 3.90. The second-order valence-electron chi connectivity index (χ2n) is 4.10. The van der Waals surface area contributed by atoms with E-state index in [1.165, 1.54) is 25.3 Å². The highest BCUT2D eigenvalue weighted by Crippen LogP contribution is 2.41. The fourth-order valence-corrected chi connectivity index (χ4v) is 2.23. The highest BCUT2D eigenvalue weighted by molar-refractivity contribution is 6.21. The average Bonchev–Trinajstić information content (AvgIpc) is 2.06. The molecule has 2 heteroatoms. The summed E-state index contributed by atoms with van der Waals surface area (Å²) in [5, 5.41) is 0.0723. The summed E-state index contributed by atoms with van der Waals surface area (Å²) in [5.41, 5.74) is 1.75. The smallest absolute Gasteiger partial charge is 0.126 e. The molecule has 1 aliphatic rings. The molecule has 0 aliphatic heterocycles. The highest BCUT2D eigenvalue weighted by Gasteiger charge is 2.26. The van der Waals surface area contributed by atoms with Crippen LogP contribution in [0.3, 0.4) is 0 Å². The number of aryl methyl sites for hydroxylation is 1. The Bertz CT molecular complexity index is 331. The van der Waals surface area contributed by atoms with Crippen molar-refractivity contribution in [1.29, 1.82) is 0 Å². The van der Waals surface area contributed by atoms with E-state index in [0.717, 1.165) is 5.56 Å². The topological polar surface area (TPSA) is 0 Å². The van der Waals surface area contributed by atoms with Crippen molar-refractivity contribution in [2.24, 2.45) is 5.92 Å². The van der Waals surface area contributed by atoms with Gasteiger partial charge in [-0.15, -0.1) is 11.6 Å². The fraction of sp³-hybridized carbons (Fsp3) is 0.500. The minimum Gasteiger partial charge on any atom is -0.207 e. The lowest BCUT2D eigenvalue weighted by Crippen LogP contribution is -2.16. The van der Waals surface area contributed by atoms with Crippen LogP contribution in [0.2, 0.25) is 0 Å². The average molecular weight is 213 g/mol. The third-order valence-corrected chi connectivity index (χ3v) is 3.67. The molecule has 0 radical (unpaired) electrons. The summed E-state index contributed by atoms with van der Waals surface area (Å²) in [7, 11) is 0. The van der Waals surface area contributed by atoms with E-state index in [4.69, 9.17) is 11.6 Å². The molecule has 0 nitrogen and oxygen atoms in total. The number of alkyl halides is 1. The molecular formula is C12H14ClF. The van der Waals surface area contributed by atoms with Gasteiger partial charge in [-0.05, 0) is 42.9 Å². The van der Waals surface area contributed by atoms with E-state index in [0.29, 0.717) is 11.5 Å². The molecule has 0 bridgehead atoms. The summed E-state index contributed by atoms with van der Waals surface area (Å²) in [6.07, 6.45) is 3.71. The molecule has 0 amide bonds. The summed E-state index contributed by atoms with van der Waals surface area (Å²) in [6, 6.07) is 5.18. The Balaban J connectivity index is 2.18. The maximum atomic E-state index is 13.0. The summed E-state index contributed by atoms with van der Waals surface area (Å²) in [6.45, 7) is 1.78. The maximum Gasteiger partial charge on any atom is 0.126 e. The van der Waals surface area contributed by atoms with Crippen molar-refractivity contribution in [2.45, 2.75) is 31.6 Å². The Hall–Kier alpha value is -0.560. The number of hydrogen-bond donors (Lipinski definition) is 0. The molecule has 2 rings (SSSR count). The zero-order valence-electron chi connectivity index (χ0n) is 8.26. The molecule has 1 fully saturated rings. The summed E-state index contributed by atoms with van der Waals surface area (Å²) >= 11 is 6.31. The molecule has 0 heterocycles. The van der Waals surface area contributed by atoms with Gasteiger partial charge in [0.15, 0.2) is 0 Å². The quantitative estimate of drug-likeness (QED) is 0.645.